The highest BCUT2D eigenvalue weighted by molar-refractivity contribution is 7.90. The van der Waals surface area contributed by atoms with Crippen LogP contribution in [0.1, 0.15) is 41.5 Å². The molecule has 0 fully saturated rings. The number of para-hydroxylation sites is 2. The van der Waals surface area contributed by atoms with E-state index in [1.807, 2.05) is 0 Å². The number of Topliss-reactive ketones (excluding diaryl/α,β-unsaturated/α-hetero) is 2. The van der Waals surface area contributed by atoms with E-state index in [0.29, 0.717) is 11.4 Å². The first kappa shape index (κ1) is 25.8. The van der Waals surface area contributed by atoms with Gasteiger partial charge in [-0.2, -0.15) is 0 Å². The fraction of sp³-hybridized carbons (Fsp3) is 0.148. The van der Waals surface area contributed by atoms with E-state index in [-0.39, 0.29) is 33.3 Å². The van der Waals surface area contributed by atoms with Gasteiger partial charge in [0.05, 0.1) is 16.3 Å². The van der Waals surface area contributed by atoms with E-state index in [1.165, 1.54) is 36.4 Å². The summed E-state index contributed by atoms with van der Waals surface area (Å²) in [4.78, 5) is 27.0. The fourth-order valence-corrected chi connectivity index (χ4v) is 4.76. The Balaban J connectivity index is 1.77. The van der Waals surface area contributed by atoms with Gasteiger partial charge in [0, 0.05) is 16.5 Å². The van der Waals surface area contributed by atoms with E-state index in [1.54, 1.807) is 45.0 Å². The number of carbonyl (C=O) groups is 2. The second-order valence-corrected chi connectivity index (χ2v) is 11.2. The summed E-state index contributed by atoms with van der Waals surface area (Å²) in [6.07, 6.45) is 0. The van der Waals surface area contributed by atoms with Crippen molar-refractivity contribution in [2.45, 2.75) is 25.7 Å². The number of rotatable bonds is 6. The van der Waals surface area contributed by atoms with Crippen LogP contribution < -0.4 is 15.4 Å². The molecular weight excluding hydrogens is 495 g/mol. The number of hydrogen-bond acceptors (Lipinski definition) is 7. The van der Waals surface area contributed by atoms with Crippen molar-refractivity contribution < 1.29 is 22.4 Å². The number of nitrogens with one attached hydrogen (secondary N) is 4. The molecule has 1 heterocycles. The first-order valence-electron chi connectivity index (χ1n) is 11.3. The van der Waals surface area contributed by atoms with Crippen LogP contribution in [0.15, 0.2) is 89.1 Å². The third kappa shape index (κ3) is 5.44. The molecule has 4 N–H and O–H groups in total. The Hall–Kier alpha value is -4.31. The van der Waals surface area contributed by atoms with Crippen molar-refractivity contribution in [1.29, 1.82) is 5.41 Å². The van der Waals surface area contributed by atoms with E-state index in [9.17, 15) is 22.4 Å². The summed E-state index contributed by atoms with van der Waals surface area (Å²) in [5.41, 5.74) is 0.0971. The summed E-state index contributed by atoms with van der Waals surface area (Å²) in [6.45, 7) is 5.07. The lowest BCUT2D eigenvalue weighted by Gasteiger charge is -2.21. The highest BCUT2D eigenvalue weighted by Gasteiger charge is 2.30. The monoisotopic (exact) mass is 520 g/mol. The normalized spacial score (nSPS) is 12.7. The molecule has 4 rings (SSSR count). The molecule has 0 saturated carbocycles. The van der Waals surface area contributed by atoms with Gasteiger partial charge in [-0.05, 0) is 36.4 Å². The lowest BCUT2D eigenvalue weighted by molar-refractivity contribution is 0.0961. The quantitative estimate of drug-likeness (QED) is 0.0910. The lowest BCUT2D eigenvalue weighted by atomic mass is 9.95. The minimum absolute atomic E-state index is 0.0422. The molecule has 0 amide bonds. The predicted molar refractivity (Wildman–Crippen MR) is 140 cm³/mol. The molecule has 1 aliphatic rings. The molecule has 0 radical (unpaired) electrons. The Kier molecular flexibility index (Phi) is 6.70. The van der Waals surface area contributed by atoms with Gasteiger partial charge in [0.25, 0.3) is 10.0 Å². The Morgan fingerprint density at radius 2 is 1.38 bits per heavy atom. The van der Waals surface area contributed by atoms with Crippen LogP contribution in [-0.4, -0.2) is 25.8 Å². The zero-order chi connectivity index (χ0) is 27.0. The molecule has 0 aromatic heterocycles. The van der Waals surface area contributed by atoms with Gasteiger partial charge < -0.3 is 10.6 Å². The highest BCUT2D eigenvalue weighted by Crippen LogP contribution is 2.33. The summed E-state index contributed by atoms with van der Waals surface area (Å²) in [5.74, 6) is -2.27. The molecule has 0 bridgehead atoms. The molecule has 0 atom stereocenters. The standard InChI is InChI=1S/C27H25FN4O4S/c1-27(2,3)26(29)32-37(35,36)19-11-7-9-17(15-19)24(34)22(23(33)16-8-6-10-18(28)14-16)25-30-20-12-4-5-13-21(20)31-25/h4-15,30-31H,1-3H3,(H2,29,32). The van der Waals surface area contributed by atoms with Crippen LogP contribution in [-0.2, 0) is 10.0 Å². The summed E-state index contributed by atoms with van der Waals surface area (Å²) in [5, 5.41) is 14.1. The molecule has 190 valence electrons. The van der Waals surface area contributed by atoms with Gasteiger partial charge in [-0.25, -0.2) is 12.8 Å². The smallest absolute Gasteiger partial charge is 0.262 e. The SMILES string of the molecule is CC(C)(C)C(=N)NS(=O)(=O)c1cccc(C(=O)C(C(=O)c2cccc(F)c2)=C2Nc3ccccc3N2)c1. The Morgan fingerprint density at radius 3 is 1.92 bits per heavy atom. The third-order valence-corrected chi connectivity index (χ3v) is 6.98. The number of sulfonamides is 1. The Bertz CT molecular complexity index is 1550. The molecular formula is C27H25FN4O4S. The van der Waals surface area contributed by atoms with Crippen molar-refractivity contribution in [3.63, 3.8) is 0 Å². The van der Waals surface area contributed by atoms with Gasteiger partial charge in [0.15, 0.2) is 0 Å². The number of hydrogen-bond donors (Lipinski definition) is 4. The summed E-state index contributed by atoms with van der Waals surface area (Å²) in [6, 6.07) is 17.2. The number of allylic oxidation sites excluding steroid dienone is 1. The van der Waals surface area contributed by atoms with Crippen molar-refractivity contribution in [2.24, 2.45) is 5.41 Å². The van der Waals surface area contributed by atoms with Crippen LogP contribution in [0.5, 0.6) is 0 Å². The first-order valence-corrected chi connectivity index (χ1v) is 12.8. The summed E-state index contributed by atoms with van der Waals surface area (Å²) < 4.78 is 42.0. The van der Waals surface area contributed by atoms with Crippen LogP contribution in [0.2, 0.25) is 0 Å². The van der Waals surface area contributed by atoms with Crippen molar-refractivity contribution >= 4 is 38.8 Å². The number of anilines is 2. The van der Waals surface area contributed by atoms with Gasteiger partial charge in [-0.15, -0.1) is 0 Å². The number of amidine groups is 1. The highest BCUT2D eigenvalue weighted by atomic mass is 32.2. The maximum atomic E-state index is 13.9. The number of carbonyl (C=O) groups excluding carboxylic acids is 2. The number of benzene rings is 3. The minimum Gasteiger partial charge on any atom is -0.339 e. The van der Waals surface area contributed by atoms with Crippen molar-refractivity contribution in [2.75, 3.05) is 10.6 Å². The minimum atomic E-state index is -4.17. The molecule has 0 unspecified atom stereocenters. The largest absolute Gasteiger partial charge is 0.339 e. The predicted octanol–water partition coefficient (Wildman–Crippen LogP) is 4.94. The van der Waals surface area contributed by atoms with E-state index in [0.717, 1.165) is 12.1 Å². The van der Waals surface area contributed by atoms with E-state index >= 15 is 0 Å². The maximum absolute atomic E-state index is 13.9. The molecule has 0 saturated heterocycles. The van der Waals surface area contributed by atoms with Crippen LogP contribution in [0, 0.1) is 16.6 Å². The second kappa shape index (κ2) is 9.62. The van der Waals surface area contributed by atoms with Gasteiger partial charge in [0.1, 0.15) is 23.0 Å². The van der Waals surface area contributed by atoms with E-state index < -0.39 is 32.8 Å². The van der Waals surface area contributed by atoms with Crippen molar-refractivity contribution in [3.8, 4) is 0 Å². The van der Waals surface area contributed by atoms with E-state index in [2.05, 4.69) is 15.4 Å². The molecule has 8 nitrogen and oxygen atoms in total. The van der Waals surface area contributed by atoms with Crippen LogP contribution >= 0.6 is 0 Å². The molecule has 0 spiro atoms. The van der Waals surface area contributed by atoms with E-state index in [4.69, 9.17) is 5.41 Å². The molecule has 37 heavy (non-hydrogen) atoms. The number of fused-ring (bicyclic) bond motifs is 1. The second-order valence-electron chi connectivity index (χ2n) is 9.47. The van der Waals surface area contributed by atoms with Gasteiger partial charge in [0.2, 0.25) is 11.6 Å². The third-order valence-electron chi connectivity index (χ3n) is 5.63. The lowest BCUT2D eigenvalue weighted by Crippen LogP contribution is -2.38. The van der Waals surface area contributed by atoms with Gasteiger partial charge >= 0.3 is 0 Å². The zero-order valence-electron chi connectivity index (χ0n) is 20.3. The average molecular weight is 521 g/mol. The van der Waals surface area contributed by atoms with Gasteiger partial charge in [-0.1, -0.05) is 57.2 Å². The van der Waals surface area contributed by atoms with Crippen molar-refractivity contribution in [3.05, 3.63) is 101 Å². The Morgan fingerprint density at radius 1 is 0.838 bits per heavy atom. The number of ketones is 2. The Labute approximate surface area is 214 Å². The molecule has 1 aliphatic heterocycles. The first-order chi connectivity index (χ1) is 17.4. The molecule has 10 heteroatoms. The summed E-state index contributed by atoms with van der Waals surface area (Å²) in [7, 11) is -4.17. The topological polar surface area (TPSA) is 128 Å². The fourth-order valence-electron chi connectivity index (χ4n) is 3.53. The average Bonchev–Trinajstić information content (AvgIpc) is 3.27. The van der Waals surface area contributed by atoms with Crippen LogP contribution in [0.4, 0.5) is 15.8 Å². The van der Waals surface area contributed by atoms with Crippen LogP contribution in [0.3, 0.4) is 0 Å². The summed E-state index contributed by atoms with van der Waals surface area (Å²) >= 11 is 0. The number of halogens is 1. The molecule has 0 aliphatic carbocycles. The van der Waals surface area contributed by atoms with Crippen LogP contribution in [0.25, 0.3) is 0 Å². The van der Waals surface area contributed by atoms with Gasteiger partial charge in [-0.3, -0.25) is 19.7 Å². The van der Waals surface area contributed by atoms with Crippen molar-refractivity contribution in [1.82, 2.24) is 4.72 Å². The maximum Gasteiger partial charge on any atom is 0.262 e. The molecule has 3 aromatic carbocycles. The zero-order valence-corrected chi connectivity index (χ0v) is 21.2. The molecule has 3 aromatic rings.